The summed E-state index contributed by atoms with van der Waals surface area (Å²) in [7, 11) is 0. The smallest absolute Gasteiger partial charge is 0.318 e. The van der Waals surface area contributed by atoms with Crippen LogP contribution < -0.4 is 0 Å². The van der Waals surface area contributed by atoms with E-state index in [4.69, 9.17) is 28.7 Å². The first-order valence-corrected chi connectivity index (χ1v) is 18.6. The molecule has 3 N–H and O–H groups in total. The molecular weight excluding hydrogens is 668 g/mol. The highest BCUT2D eigenvalue weighted by Crippen LogP contribution is 2.40. The van der Waals surface area contributed by atoms with Gasteiger partial charge in [-0.05, 0) is 93.2 Å². The van der Waals surface area contributed by atoms with E-state index in [0.717, 1.165) is 35.3 Å². The van der Waals surface area contributed by atoms with Crippen LogP contribution in [0, 0.1) is 23.2 Å². The van der Waals surface area contributed by atoms with Crippen LogP contribution in [0.3, 0.4) is 0 Å². The SMILES string of the molecule is CC1=CCc2ccc([nH]2)C2=NC(/C=C3/C(=C(\C)CCCO)COC3CC(C)C)C(COC(=O)[C@@H](CC(C)C)CC(=O)OC3C1OC(=O)C3(C)CO)O2. The highest BCUT2D eigenvalue weighted by atomic mass is 16.6. The Morgan fingerprint density at radius 2 is 1.83 bits per heavy atom. The number of fused-ring (bicyclic) bond motifs is 6. The van der Waals surface area contributed by atoms with Crippen molar-refractivity contribution < 1.29 is 48.3 Å². The van der Waals surface area contributed by atoms with E-state index >= 15 is 0 Å². The lowest BCUT2D eigenvalue weighted by atomic mass is 9.83. The van der Waals surface area contributed by atoms with Crippen molar-refractivity contribution in [2.24, 2.45) is 28.2 Å². The summed E-state index contributed by atoms with van der Waals surface area (Å²) in [5.74, 6) is -1.86. The molecule has 0 aliphatic carbocycles. The van der Waals surface area contributed by atoms with Gasteiger partial charge in [-0.1, -0.05) is 39.3 Å². The number of aliphatic hydroxyl groups excluding tert-OH is 2. The van der Waals surface area contributed by atoms with Crippen LogP contribution in [0.25, 0.3) is 0 Å². The Morgan fingerprint density at radius 1 is 1.08 bits per heavy atom. The molecule has 4 aliphatic heterocycles. The molecule has 5 rings (SSSR count). The molecule has 0 radical (unpaired) electrons. The van der Waals surface area contributed by atoms with E-state index in [2.05, 4.69) is 31.8 Å². The molecule has 4 aliphatic rings. The molecular formula is C40H56N2O10. The van der Waals surface area contributed by atoms with Crippen LogP contribution in [0.2, 0.25) is 0 Å². The lowest BCUT2D eigenvalue weighted by Gasteiger charge is -2.28. The van der Waals surface area contributed by atoms with E-state index in [1.54, 1.807) is 6.92 Å². The monoisotopic (exact) mass is 724 g/mol. The van der Waals surface area contributed by atoms with Crippen molar-refractivity contribution in [1.29, 1.82) is 0 Å². The summed E-state index contributed by atoms with van der Waals surface area (Å²) >= 11 is 0. The fourth-order valence-electron chi connectivity index (χ4n) is 7.32. The van der Waals surface area contributed by atoms with Gasteiger partial charge in [0.25, 0.3) is 0 Å². The molecule has 52 heavy (non-hydrogen) atoms. The number of hydrogen-bond acceptors (Lipinski definition) is 11. The normalized spacial score (nSPS) is 31.8. The first-order valence-electron chi connectivity index (χ1n) is 18.6. The number of esters is 3. The van der Waals surface area contributed by atoms with Crippen molar-refractivity contribution >= 4 is 23.8 Å². The van der Waals surface area contributed by atoms with Crippen LogP contribution in [0.15, 0.2) is 51.6 Å². The van der Waals surface area contributed by atoms with Gasteiger partial charge in [0.05, 0.1) is 31.7 Å². The molecule has 0 saturated carbocycles. The van der Waals surface area contributed by atoms with Gasteiger partial charge in [-0.25, -0.2) is 4.99 Å². The molecule has 1 aromatic rings. The Labute approximate surface area is 306 Å². The van der Waals surface area contributed by atoms with Crippen LogP contribution in [0.5, 0.6) is 0 Å². The predicted molar refractivity (Wildman–Crippen MR) is 193 cm³/mol. The van der Waals surface area contributed by atoms with Crippen molar-refractivity contribution in [2.75, 3.05) is 26.4 Å². The number of carbonyl (C=O) groups is 3. The summed E-state index contributed by atoms with van der Waals surface area (Å²) in [5.41, 5.74) is 4.02. The third kappa shape index (κ3) is 8.89. The van der Waals surface area contributed by atoms with Gasteiger partial charge in [0, 0.05) is 18.7 Å². The van der Waals surface area contributed by atoms with Gasteiger partial charge in [-0.15, -0.1) is 0 Å². The molecule has 2 saturated heterocycles. The summed E-state index contributed by atoms with van der Waals surface area (Å²) < 4.78 is 30.3. The highest BCUT2D eigenvalue weighted by molar-refractivity contribution is 5.94. The highest BCUT2D eigenvalue weighted by Gasteiger charge is 2.57. The third-order valence-corrected chi connectivity index (χ3v) is 10.4. The maximum absolute atomic E-state index is 13.7. The lowest BCUT2D eigenvalue weighted by molar-refractivity contribution is -0.164. The van der Waals surface area contributed by atoms with Crippen molar-refractivity contribution in [3.63, 3.8) is 0 Å². The van der Waals surface area contributed by atoms with Crippen LogP contribution in [-0.2, 0) is 44.5 Å². The van der Waals surface area contributed by atoms with Crippen LogP contribution in [0.1, 0.15) is 92.0 Å². The Hall–Kier alpha value is -3.74. The molecule has 12 heteroatoms. The zero-order chi connectivity index (χ0) is 37.7. The van der Waals surface area contributed by atoms with E-state index in [1.807, 2.05) is 32.1 Å². The first kappa shape index (κ1) is 39.5. The number of aromatic amines is 1. The molecule has 7 atom stereocenters. The fourth-order valence-corrected chi connectivity index (χ4v) is 7.32. The number of rotatable bonds is 9. The number of H-pyrrole nitrogens is 1. The fraction of sp³-hybridized carbons (Fsp3) is 0.650. The number of nitrogens with one attached hydrogen (secondary N) is 1. The van der Waals surface area contributed by atoms with Crippen molar-refractivity contribution in [2.45, 2.75) is 117 Å². The Morgan fingerprint density at radius 3 is 2.52 bits per heavy atom. The Balaban J connectivity index is 1.53. The van der Waals surface area contributed by atoms with Gasteiger partial charge in [-0.3, -0.25) is 14.4 Å². The topological polar surface area (TPSA) is 166 Å². The lowest BCUT2D eigenvalue weighted by Crippen LogP contribution is -2.43. The maximum atomic E-state index is 13.7. The Kier molecular flexibility index (Phi) is 12.9. The maximum Gasteiger partial charge on any atom is 0.318 e. The third-order valence-electron chi connectivity index (χ3n) is 10.4. The second-order valence-corrected chi connectivity index (χ2v) is 15.7. The molecule has 5 heterocycles. The average molecular weight is 725 g/mol. The second-order valence-electron chi connectivity index (χ2n) is 15.7. The zero-order valence-corrected chi connectivity index (χ0v) is 31.6. The predicted octanol–water partition coefficient (Wildman–Crippen LogP) is 4.92. The number of ether oxygens (including phenoxy) is 5. The van der Waals surface area contributed by atoms with Crippen molar-refractivity contribution in [3.8, 4) is 0 Å². The number of carbonyl (C=O) groups excluding carboxylic acids is 3. The van der Waals surface area contributed by atoms with E-state index in [-0.39, 0.29) is 31.7 Å². The largest absolute Gasteiger partial charge is 0.467 e. The quantitative estimate of drug-likeness (QED) is 0.181. The van der Waals surface area contributed by atoms with Crippen LogP contribution >= 0.6 is 0 Å². The van der Waals surface area contributed by atoms with E-state index in [0.29, 0.717) is 49.0 Å². The summed E-state index contributed by atoms with van der Waals surface area (Å²) in [4.78, 5) is 48.6. The number of hydrogen-bond donors (Lipinski definition) is 3. The van der Waals surface area contributed by atoms with Crippen LogP contribution in [-0.4, -0.2) is 95.9 Å². The average Bonchev–Trinajstić information content (AvgIpc) is 3.87. The van der Waals surface area contributed by atoms with Gasteiger partial charge in [0.1, 0.15) is 23.8 Å². The number of cyclic esters (lactones) is 1. The molecule has 0 amide bonds. The number of allylic oxidation sites excluding steroid dienone is 2. The Bertz CT molecular complexity index is 1600. The van der Waals surface area contributed by atoms with E-state index < -0.39 is 60.2 Å². The van der Waals surface area contributed by atoms with Gasteiger partial charge in [0.2, 0.25) is 5.90 Å². The first-order chi connectivity index (χ1) is 24.7. The van der Waals surface area contributed by atoms with Gasteiger partial charge >= 0.3 is 17.9 Å². The van der Waals surface area contributed by atoms with E-state index in [1.165, 1.54) is 6.92 Å². The molecule has 0 spiro atoms. The van der Waals surface area contributed by atoms with Gasteiger partial charge < -0.3 is 38.9 Å². The molecule has 2 fully saturated rings. The number of aliphatic imine (C=N–C) groups is 1. The number of aliphatic hydroxyl groups is 2. The zero-order valence-electron chi connectivity index (χ0n) is 31.6. The standard InChI is InChI=1S/C40H56N2O10/c1-22(2)15-26-17-34(45)51-36-35(52-39(47)40(36,7)21-44)25(6)10-11-27-12-13-30(41-27)37-42-31(33(50-37)20-49-38(26)46)18-28-29(24(5)9-8-14-43)19-48-32(28)16-23(3)4/h10,12-13,18,22-23,26,31-33,35-36,41,43-44H,8-9,11,14-17,19-21H2,1-7H3/b25-10?,28-18-,29-24+/t26-,31?,32?,33?,35?,36?,40?/m0/s1. The second kappa shape index (κ2) is 16.9. The van der Waals surface area contributed by atoms with Gasteiger partial charge in [0.15, 0.2) is 18.3 Å². The minimum absolute atomic E-state index is 0.0667. The minimum Gasteiger partial charge on any atom is -0.467 e. The van der Waals surface area contributed by atoms with Gasteiger partial charge in [-0.2, -0.15) is 0 Å². The van der Waals surface area contributed by atoms with Crippen molar-refractivity contribution in [1.82, 2.24) is 4.98 Å². The van der Waals surface area contributed by atoms with Crippen molar-refractivity contribution in [3.05, 3.63) is 58.0 Å². The van der Waals surface area contributed by atoms with Crippen LogP contribution in [0.4, 0.5) is 0 Å². The summed E-state index contributed by atoms with van der Waals surface area (Å²) in [6.45, 7) is 13.5. The summed E-state index contributed by atoms with van der Waals surface area (Å²) in [5, 5.41) is 19.7. The molecule has 4 bridgehead atoms. The molecule has 286 valence electrons. The molecule has 12 nitrogen and oxygen atoms in total. The number of nitrogens with zero attached hydrogens (tertiary/aromatic N) is 1. The summed E-state index contributed by atoms with van der Waals surface area (Å²) in [6, 6.07) is 3.31. The van der Waals surface area contributed by atoms with E-state index in [9.17, 15) is 24.6 Å². The number of aromatic nitrogens is 1. The summed E-state index contributed by atoms with van der Waals surface area (Å²) in [6.07, 6.45) is 4.02. The molecule has 0 aromatic carbocycles. The minimum atomic E-state index is -1.47. The molecule has 1 aromatic heterocycles. The molecule has 6 unspecified atom stereocenters.